The third kappa shape index (κ3) is 5.65. The number of halogens is 2. The van der Waals surface area contributed by atoms with Crippen molar-refractivity contribution in [3.63, 3.8) is 0 Å². The number of aromatic hydroxyl groups is 1. The molecule has 1 rings (SSSR count). The van der Waals surface area contributed by atoms with Crippen molar-refractivity contribution in [3.05, 3.63) is 23.8 Å². The molecule has 0 bridgehead atoms. The monoisotopic (exact) mass is 352 g/mol. The molecular formula is C7H6Cl2O6SZn. The molecule has 0 aliphatic carbocycles. The van der Waals surface area contributed by atoms with E-state index >= 15 is 0 Å². The summed E-state index contributed by atoms with van der Waals surface area (Å²) in [6.07, 6.45) is 0. The molecule has 0 heterocycles. The van der Waals surface area contributed by atoms with E-state index in [0.29, 0.717) is 6.07 Å². The minimum atomic E-state index is -4.45. The molecule has 0 atom stereocenters. The number of carboxylic acid groups (broad SMARTS) is 1. The zero-order valence-electron chi connectivity index (χ0n) is 8.17. The van der Waals surface area contributed by atoms with Crippen molar-refractivity contribution in [2.75, 3.05) is 0 Å². The average Bonchev–Trinajstić information content (AvgIpc) is 2.02. The zero-order valence-corrected chi connectivity index (χ0v) is 13.5. The van der Waals surface area contributed by atoms with E-state index in [2.05, 4.69) is 0 Å². The molecule has 1 aromatic carbocycles. The van der Waals surface area contributed by atoms with Crippen molar-refractivity contribution in [2.24, 2.45) is 0 Å². The molecule has 0 fully saturated rings. The minimum Gasteiger partial charge on any atom is -1.00 e. The van der Waals surface area contributed by atoms with Crippen LogP contribution in [0.5, 0.6) is 5.75 Å². The van der Waals surface area contributed by atoms with Gasteiger partial charge in [-0.2, -0.15) is 8.42 Å². The zero-order chi connectivity index (χ0) is 10.9. The number of rotatable bonds is 2. The van der Waals surface area contributed by atoms with Gasteiger partial charge in [-0.05, 0) is 18.2 Å². The standard InChI is InChI=1S/C7H6O6S.2ClH.Zn/c8-6-2-1-4(14(11,12)13)3-5(6)7(9)10;;;/h1-3,8H,(H,9,10)(H,11,12,13);2*1H;/q;;;+2/p-2. The van der Waals surface area contributed by atoms with E-state index in [9.17, 15) is 13.2 Å². The second kappa shape index (κ2) is 7.84. The summed E-state index contributed by atoms with van der Waals surface area (Å²) in [4.78, 5) is 9.89. The molecule has 3 N–H and O–H groups in total. The largest absolute Gasteiger partial charge is 2.00 e. The molecular weight excluding hydrogens is 348 g/mol. The summed E-state index contributed by atoms with van der Waals surface area (Å²) in [7, 11) is -4.45. The Kier molecular flexibility index (Phi) is 10.1. The van der Waals surface area contributed by atoms with Crippen LogP contribution >= 0.6 is 0 Å². The number of hydrogen-bond donors (Lipinski definition) is 3. The molecule has 0 saturated carbocycles. The number of benzene rings is 1. The molecule has 0 unspecified atom stereocenters. The van der Waals surface area contributed by atoms with Crippen LogP contribution in [0.4, 0.5) is 0 Å². The predicted octanol–water partition coefficient (Wildman–Crippen LogP) is -5.66. The maximum absolute atomic E-state index is 10.6. The molecule has 17 heavy (non-hydrogen) atoms. The molecule has 0 spiro atoms. The quantitative estimate of drug-likeness (QED) is 0.361. The molecule has 6 nitrogen and oxygen atoms in total. The van der Waals surface area contributed by atoms with Gasteiger partial charge in [0.15, 0.2) is 0 Å². The van der Waals surface area contributed by atoms with Gasteiger partial charge in [-0.15, -0.1) is 0 Å². The second-order valence-electron chi connectivity index (χ2n) is 2.46. The van der Waals surface area contributed by atoms with Gasteiger partial charge >= 0.3 is 25.4 Å². The number of phenols is 1. The molecule has 0 radical (unpaired) electrons. The molecule has 10 heteroatoms. The SMILES string of the molecule is O=C(O)c1cc(S(=O)(=O)O)ccc1O.[Cl-].[Cl-].[Zn+2]. The van der Waals surface area contributed by atoms with E-state index in [0.717, 1.165) is 12.1 Å². The first-order valence-corrected chi connectivity index (χ1v) is 4.80. The summed E-state index contributed by atoms with van der Waals surface area (Å²) >= 11 is 0. The van der Waals surface area contributed by atoms with Gasteiger partial charge in [-0.25, -0.2) is 4.79 Å². The van der Waals surface area contributed by atoms with Crippen LogP contribution in [-0.2, 0) is 29.6 Å². The van der Waals surface area contributed by atoms with Crippen molar-refractivity contribution in [1.82, 2.24) is 0 Å². The van der Waals surface area contributed by atoms with Gasteiger partial charge in [-0.3, -0.25) is 4.55 Å². The van der Waals surface area contributed by atoms with E-state index < -0.39 is 32.3 Å². The van der Waals surface area contributed by atoms with Gasteiger partial charge in [-0.1, -0.05) is 0 Å². The summed E-state index contributed by atoms with van der Waals surface area (Å²) in [5, 5.41) is 17.5. The van der Waals surface area contributed by atoms with Crippen LogP contribution in [0.1, 0.15) is 10.4 Å². The first-order chi connectivity index (χ1) is 6.32. The van der Waals surface area contributed by atoms with Crippen LogP contribution in [-0.4, -0.2) is 29.2 Å². The first-order valence-electron chi connectivity index (χ1n) is 3.36. The van der Waals surface area contributed by atoms with Crippen molar-refractivity contribution < 1.29 is 72.3 Å². The van der Waals surface area contributed by atoms with Gasteiger partial charge in [0.25, 0.3) is 10.1 Å². The van der Waals surface area contributed by atoms with Crippen LogP contribution in [0.2, 0.25) is 0 Å². The van der Waals surface area contributed by atoms with Gasteiger partial charge in [0.2, 0.25) is 0 Å². The van der Waals surface area contributed by atoms with E-state index in [1.807, 2.05) is 0 Å². The number of carbonyl (C=O) groups is 1. The van der Waals surface area contributed by atoms with E-state index in [1.165, 1.54) is 0 Å². The fourth-order valence-corrected chi connectivity index (χ4v) is 1.35. The van der Waals surface area contributed by atoms with E-state index in [-0.39, 0.29) is 44.3 Å². The minimum absolute atomic E-state index is 0. The topological polar surface area (TPSA) is 112 Å². The van der Waals surface area contributed by atoms with Crippen LogP contribution in [0.15, 0.2) is 23.1 Å². The fraction of sp³-hybridized carbons (Fsp3) is 0. The average molecular weight is 354 g/mol. The number of aromatic carboxylic acids is 1. The third-order valence-corrected chi connectivity index (χ3v) is 2.35. The Hall–Kier alpha value is -0.397. The summed E-state index contributed by atoms with van der Waals surface area (Å²) in [5.74, 6) is -2.04. The summed E-state index contributed by atoms with van der Waals surface area (Å²) in [5.41, 5.74) is -0.583. The Morgan fingerprint density at radius 1 is 1.18 bits per heavy atom. The Balaban J connectivity index is -0.000000653. The van der Waals surface area contributed by atoms with Crippen LogP contribution in [0.3, 0.4) is 0 Å². The van der Waals surface area contributed by atoms with Gasteiger partial charge < -0.3 is 35.0 Å². The van der Waals surface area contributed by atoms with E-state index in [4.69, 9.17) is 14.8 Å². The Labute approximate surface area is 122 Å². The Morgan fingerprint density at radius 2 is 1.65 bits per heavy atom. The van der Waals surface area contributed by atoms with Crippen molar-refractivity contribution in [3.8, 4) is 5.75 Å². The van der Waals surface area contributed by atoms with Gasteiger partial charge in [0, 0.05) is 0 Å². The molecule has 92 valence electrons. The molecule has 0 aliphatic rings. The maximum atomic E-state index is 10.6. The smallest absolute Gasteiger partial charge is 1.00 e. The summed E-state index contributed by atoms with van der Waals surface area (Å²) < 4.78 is 29.8. The van der Waals surface area contributed by atoms with Crippen LogP contribution < -0.4 is 24.8 Å². The molecule has 0 amide bonds. The Morgan fingerprint density at radius 3 is 2.00 bits per heavy atom. The summed E-state index contributed by atoms with van der Waals surface area (Å²) in [6.45, 7) is 0. The van der Waals surface area contributed by atoms with Gasteiger partial charge in [0.1, 0.15) is 11.3 Å². The van der Waals surface area contributed by atoms with Crippen LogP contribution in [0.25, 0.3) is 0 Å². The molecule has 0 aliphatic heterocycles. The normalized spacial score (nSPS) is 9.24. The van der Waals surface area contributed by atoms with Crippen molar-refractivity contribution in [1.29, 1.82) is 0 Å². The predicted molar refractivity (Wildman–Crippen MR) is 44.9 cm³/mol. The number of carboxylic acids is 1. The fourth-order valence-electron chi connectivity index (χ4n) is 0.847. The van der Waals surface area contributed by atoms with Crippen LogP contribution in [0, 0.1) is 0 Å². The Bertz CT molecular complexity index is 489. The first kappa shape index (κ1) is 21.8. The van der Waals surface area contributed by atoms with E-state index in [1.54, 1.807) is 0 Å². The van der Waals surface area contributed by atoms with Crippen molar-refractivity contribution in [2.45, 2.75) is 4.90 Å². The molecule has 0 saturated heterocycles. The molecule has 1 aromatic rings. The third-order valence-electron chi connectivity index (χ3n) is 1.50. The second-order valence-corrected chi connectivity index (χ2v) is 3.88. The molecule has 0 aromatic heterocycles. The summed E-state index contributed by atoms with van der Waals surface area (Å²) in [6, 6.07) is 2.46. The van der Waals surface area contributed by atoms with Gasteiger partial charge in [0.05, 0.1) is 4.90 Å². The number of hydrogen-bond acceptors (Lipinski definition) is 4. The van der Waals surface area contributed by atoms with Crippen molar-refractivity contribution >= 4 is 16.1 Å². The maximum Gasteiger partial charge on any atom is 2.00 e.